The van der Waals surface area contributed by atoms with Gasteiger partial charge in [0.1, 0.15) is 0 Å². The van der Waals surface area contributed by atoms with Crippen molar-refractivity contribution in [1.29, 1.82) is 0 Å². The molecular weight excluding hydrogens is 164 g/mol. The predicted molar refractivity (Wildman–Crippen MR) is 52.0 cm³/mol. The molecule has 3 heteroatoms. The summed E-state index contributed by atoms with van der Waals surface area (Å²) in [6, 6.07) is 0. The lowest BCUT2D eigenvalue weighted by Gasteiger charge is -2.20. The molecule has 72 valence electrons. The van der Waals surface area contributed by atoms with E-state index in [0.29, 0.717) is 5.56 Å². The Morgan fingerprint density at radius 2 is 2.15 bits per heavy atom. The molecule has 0 saturated heterocycles. The van der Waals surface area contributed by atoms with Crippen LogP contribution >= 0.6 is 0 Å². The molecule has 0 N–H and O–H groups in total. The molecule has 0 unspecified atom stereocenters. The normalized spacial score (nSPS) is 11.7. The number of rotatable bonds is 2. The molecule has 1 heterocycles. The lowest BCUT2D eigenvalue weighted by Crippen LogP contribution is -2.19. The van der Waals surface area contributed by atoms with Gasteiger partial charge in [-0.25, -0.2) is 0 Å². The molecule has 0 amide bonds. The largest absolute Gasteiger partial charge is 0.298 e. The van der Waals surface area contributed by atoms with E-state index in [1.165, 1.54) is 0 Å². The van der Waals surface area contributed by atoms with Crippen LogP contribution in [0.2, 0.25) is 0 Å². The van der Waals surface area contributed by atoms with Crippen LogP contribution in [-0.2, 0) is 12.0 Å². The zero-order chi connectivity index (χ0) is 10.1. The van der Waals surface area contributed by atoms with Crippen molar-refractivity contribution in [3.63, 3.8) is 0 Å². The van der Waals surface area contributed by atoms with Crippen LogP contribution in [0.3, 0.4) is 0 Å². The van der Waals surface area contributed by atoms with Crippen LogP contribution in [0.1, 0.15) is 43.7 Å². The van der Waals surface area contributed by atoms with Gasteiger partial charge in [0.15, 0.2) is 6.29 Å². The predicted octanol–water partition coefficient (Wildman–Crippen LogP) is 2.01. The Bertz CT molecular complexity index is 307. The number of carbonyl (C=O) groups excluding carboxylic acids is 1. The van der Waals surface area contributed by atoms with Gasteiger partial charge < -0.3 is 0 Å². The quantitative estimate of drug-likeness (QED) is 0.652. The minimum absolute atomic E-state index is 0.0250. The molecule has 0 spiro atoms. The highest BCUT2D eigenvalue weighted by Crippen LogP contribution is 2.24. The summed E-state index contributed by atoms with van der Waals surface area (Å²) in [5, 5.41) is 4.16. The average Bonchev–Trinajstić information content (AvgIpc) is 2.45. The molecule has 0 aliphatic heterocycles. The highest BCUT2D eigenvalue weighted by atomic mass is 16.1. The van der Waals surface area contributed by atoms with Crippen molar-refractivity contribution in [1.82, 2.24) is 9.78 Å². The number of hydrogen-bond acceptors (Lipinski definition) is 2. The number of nitrogens with zero attached hydrogens (tertiary/aromatic N) is 2. The third-order valence-electron chi connectivity index (χ3n) is 2.00. The summed E-state index contributed by atoms with van der Waals surface area (Å²) in [4.78, 5) is 10.7. The van der Waals surface area contributed by atoms with E-state index in [4.69, 9.17) is 0 Å². The van der Waals surface area contributed by atoms with E-state index in [1.54, 1.807) is 6.20 Å². The number of aryl methyl sites for hydroxylation is 1. The van der Waals surface area contributed by atoms with Gasteiger partial charge in [-0.05, 0) is 6.92 Å². The number of aldehydes is 1. The van der Waals surface area contributed by atoms with Crippen molar-refractivity contribution < 1.29 is 4.79 Å². The molecular formula is C10H16N2O. The Morgan fingerprint density at radius 3 is 2.54 bits per heavy atom. The van der Waals surface area contributed by atoms with Crippen LogP contribution in [0.5, 0.6) is 0 Å². The molecule has 1 rings (SSSR count). The second-order valence-corrected chi connectivity index (χ2v) is 4.13. The van der Waals surface area contributed by atoms with Crippen molar-refractivity contribution >= 4 is 6.29 Å². The highest BCUT2D eigenvalue weighted by Gasteiger charge is 2.22. The fourth-order valence-corrected chi connectivity index (χ4v) is 1.55. The second kappa shape index (κ2) is 3.32. The Hall–Kier alpha value is -1.12. The zero-order valence-corrected chi connectivity index (χ0v) is 8.66. The van der Waals surface area contributed by atoms with Crippen LogP contribution in [0.15, 0.2) is 6.20 Å². The van der Waals surface area contributed by atoms with E-state index in [0.717, 1.165) is 18.5 Å². The highest BCUT2D eigenvalue weighted by molar-refractivity contribution is 5.76. The molecule has 0 atom stereocenters. The summed E-state index contributed by atoms with van der Waals surface area (Å²) < 4.78 is 1.88. The van der Waals surface area contributed by atoms with Crippen molar-refractivity contribution in [2.75, 3.05) is 0 Å². The number of aromatic nitrogens is 2. The number of carbonyl (C=O) groups is 1. The maximum atomic E-state index is 10.7. The van der Waals surface area contributed by atoms with Crippen molar-refractivity contribution in [3.05, 3.63) is 17.5 Å². The van der Waals surface area contributed by atoms with Crippen molar-refractivity contribution in [2.45, 2.75) is 39.7 Å². The molecule has 0 saturated carbocycles. The first-order chi connectivity index (χ1) is 6.00. The van der Waals surface area contributed by atoms with E-state index in [2.05, 4.69) is 25.9 Å². The average molecular weight is 180 g/mol. The van der Waals surface area contributed by atoms with Gasteiger partial charge in [0.25, 0.3) is 0 Å². The topological polar surface area (TPSA) is 34.9 Å². The van der Waals surface area contributed by atoms with Gasteiger partial charge in [0.05, 0.1) is 17.5 Å². The SMILES string of the molecule is CCn1ncc(C=O)c1C(C)(C)C. The molecule has 0 aromatic carbocycles. The first-order valence-electron chi connectivity index (χ1n) is 4.52. The van der Waals surface area contributed by atoms with Crippen LogP contribution in [-0.4, -0.2) is 16.1 Å². The summed E-state index contributed by atoms with van der Waals surface area (Å²) in [5.74, 6) is 0. The Kier molecular flexibility index (Phi) is 2.55. The van der Waals surface area contributed by atoms with E-state index in [1.807, 2.05) is 11.6 Å². The Balaban J connectivity index is 3.28. The second-order valence-electron chi connectivity index (χ2n) is 4.13. The third-order valence-corrected chi connectivity index (χ3v) is 2.00. The fraction of sp³-hybridized carbons (Fsp3) is 0.600. The van der Waals surface area contributed by atoms with Crippen LogP contribution in [0.25, 0.3) is 0 Å². The lowest BCUT2D eigenvalue weighted by atomic mass is 9.89. The first kappa shape index (κ1) is 9.96. The molecule has 0 bridgehead atoms. The van der Waals surface area contributed by atoms with Crippen molar-refractivity contribution in [3.8, 4) is 0 Å². The van der Waals surface area contributed by atoms with Gasteiger partial charge >= 0.3 is 0 Å². The Morgan fingerprint density at radius 1 is 1.54 bits per heavy atom. The molecule has 0 radical (unpaired) electrons. The maximum Gasteiger partial charge on any atom is 0.153 e. The zero-order valence-electron chi connectivity index (χ0n) is 8.66. The molecule has 3 nitrogen and oxygen atoms in total. The summed E-state index contributed by atoms with van der Waals surface area (Å²) in [6.07, 6.45) is 2.51. The monoisotopic (exact) mass is 180 g/mol. The van der Waals surface area contributed by atoms with Gasteiger partial charge in [-0.15, -0.1) is 0 Å². The van der Waals surface area contributed by atoms with Gasteiger partial charge in [-0.2, -0.15) is 5.10 Å². The standard InChI is InChI=1S/C10H16N2O/c1-5-12-9(10(2,3)4)8(7-13)6-11-12/h6-7H,5H2,1-4H3. The third kappa shape index (κ3) is 1.79. The molecule has 1 aromatic rings. The van der Waals surface area contributed by atoms with Crippen LogP contribution in [0.4, 0.5) is 0 Å². The van der Waals surface area contributed by atoms with E-state index >= 15 is 0 Å². The van der Waals surface area contributed by atoms with Gasteiger partial charge in [0, 0.05) is 12.0 Å². The molecule has 13 heavy (non-hydrogen) atoms. The smallest absolute Gasteiger partial charge is 0.153 e. The lowest BCUT2D eigenvalue weighted by molar-refractivity contribution is 0.112. The van der Waals surface area contributed by atoms with Crippen molar-refractivity contribution in [2.24, 2.45) is 0 Å². The summed E-state index contributed by atoms with van der Waals surface area (Å²) >= 11 is 0. The van der Waals surface area contributed by atoms with E-state index < -0.39 is 0 Å². The van der Waals surface area contributed by atoms with E-state index in [-0.39, 0.29) is 5.41 Å². The Labute approximate surface area is 78.8 Å². The fourth-order valence-electron chi connectivity index (χ4n) is 1.55. The molecule has 1 aromatic heterocycles. The first-order valence-corrected chi connectivity index (χ1v) is 4.52. The summed E-state index contributed by atoms with van der Waals surface area (Å²) in [7, 11) is 0. The minimum atomic E-state index is -0.0250. The minimum Gasteiger partial charge on any atom is -0.298 e. The van der Waals surface area contributed by atoms with Crippen LogP contribution < -0.4 is 0 Å². The van der Waals surface area contributed by atoms with Gasteiger partial charge in [0.2, 0.25) is 0 Å². The summed E-state index contributed by atoms with van der Waals surface area (Å²) in [6.45, 7) is 9.09. The number of hydrogen-bond donors (Lipinski definition) is 0. The van der Waals surface area contributed by atoms with Gasteiger partial charge in [-0.3, -0.25) is 9.48 Å². The summed E-state index contributed by atoms with van der Waals surface area (Å²) in [5.41, 5.74) is 1.70. The molecule has 0 fully saturated rings. The van der Waals surface area contributed by atoms with Crippen LogP contribution in [0, 0.1) is 0 Å². The maximum absolute atomic E-state index is 10.7. The van der Waals surface area contributed by atoms with Gasteiger partial charge in [-0.1, -0.05) is 20.8 Å². The molecule has 0 aliphatic rings. The van der Waals surface area contributed by atoms with E-state index in [9.17, 15) is 4.79 Å². The molecule has 0 aliphatic carbocycles.